The van der Waals surface area contributed by atoms with Crippen LogP contribution < -0.4 is 0 Å². The summed E-state index contributed by atoms with van der Waals surface area (Å²) < 4.78 is 9.57. The van der Waals surface area contributed by atoms with Crippen LogP contribution in [0.2, 0.25) is 0 Å². The molecule has 7 heteroatoms. The number of aldehydes is 1. The SMILES string of the molecule is C.C.CCOC=O.CCc1c(C)[nH]c2c1C(=O)C(C=O)CC2.CCc1c(C)[nH]c2c1C(OC)=CCC2. The molecule has 4 rings (SSSR count). The van der Waals surface area contributed by atoms with Gasteiger partial charge < -0.3 is 24.2 Å². The van der Waals surface area contributed by atoms with Crippen molar-refractivity contribution in [3.63, 3.8) is 0 Å². The van der Waals surface area contributed by atoms with Gasteiger partial charge in [0.2, 0.25) is 0 Å². The zero-order valence-electron chi connectivity index (χ0n) is 21.3. The Morgan fingerprint density at radius 3 is 1.94 bits per heavy atom. The lowest BCUT2D eigenvalue weighted by Gasteiger charge is -2.16. The molecule has 1 unspecified atom stereocenters. The topological polar surface area (TPSA) is 101 Å². The average Bonchev–Trinajstić information content (AvgIpc) is 3.35. The Morgan fingerprint density at radius 1 is 0.944 bits per heavy atom. The third kappa shape index (κ3) is 7.21. The zero-order valence-corrected chi connectivity index (χ0v) is 21.3. The molecule has 0 fully saturated rings. The Labute approximate surface area is 217 Å². The second-order valence-electron chi connectivity index (χ2n) is 8.38. The number of ketones is 1. The highest BCUT2D eigenvalue weighted by Crippen LogP contribution is 2.32. The Bertz CT molecular complexity index is 1030. The van der Waals surface area contributed by atoms with Gasteiger partial charge >= 0.3 is 0 Å². The molecule has 2 heterocycles. The second kappa shape index (κ2) is 15.8. The number of H-pyrrole nitrogens is 2. The number of Topliss-reactive ketones (excluding diaryl/α,β-unsaturated/α-hetero) is 1. The molecule has 0 radical (unpaired) electrons. The highest BCUT2D eigenvalue weighted by molar-refractivity contribution is 6.08. The first kappa shape index (κ1) is 32.9. The first-order valence-corrected chi connectivity index (χ1v) is 12.1. The summed E-state index contributed by atoms with van der Waals surface area (Å²) >= 11 is 0. The highest BCUT2D eigenvalue weighted by atomic mass is 16.5. The summed E-state index contributed by atoms with van der Waals surface area (Å²) in [5.74, 6) is 0.637. The minimum absolute atomic E-state index is 0. The molecular weight excluding hydrogens is 456 g/mol. The minimum Gasteiger partial charge on any atom is -0.496 e. The molecule has 0 saturated carbocycles. The molecule has 2 aliphatic rings. The van der Waals surface area contributed by atoms with Gasteiger partial charge in [0.05, 0.1) is 19.6 Å². The van der Waals surface area contributed by atoms with Crippen molar-refractivity contribution in [1.82, 2.24) is 9.97 Å². The van der Waals surface area contributed by atoms with E-state index in [1.807, 2.05) is 13.8 Å². The van der Waals surface area contributed by atoms with E-state index in [1.165, 1.54) is 22.5 Å². The number of hydrogen-bond donors (Lipinski definition) is 2. The summed E-state index contributed by atoms with van der Waals surface area (Å²) in [5, 5.41) is 0. The third-order valence-electron chi connectivity index (χ3n) is 6.37. The largest absolute Gasteiger partial charge is 0.496 e. The van der Waals surface area contributed by atoms with Crippen LogP contribution in [-0.2, 0) is 44.7 Å². The normalized spacial score (nSPS) is 15.1. The highest BCUT2D eigenvalue weighted by Gasteiger charge is 2.31. The van der Waals surface area contributed by atoms with Crippen molar-refractivity contribution in [3.05, 3.63) is 51.1 Å². The summed E-state index contributed by atoms with van der Waals surface area (Å²) in [4.78, 5) is 38.6. The van der Waals surface area contributed by atoms with E-state index in [-0.39, 0.29) is 20.6 Å². The van der Waals surface area contributed by atoms with Crippen molar-refractivity contribution in [2.24, 2.45) is 5.92 Å². The van der Waals surface area contributed by atoms with Gasteiger partial charge in [0, 0.05) is 33.9 Å². The molecule has 0 bridgehead atoms. The van der Waals surface area contributed by atoms with Gasteiger partial charge in [-0.2, -0.15) is 0 Å². The van der Waals surface area contributed by atoms with Crippen molar-refractivity contribution in [1.29, 1.82) is 0 Å². The standard InChI is InChI=1S/C12H15NO2.C12H17NO.C3H6O2.2CH4/c1-3-9-7(2)13-10-5-4-8(6-14)12(15)11(9)10;1-4-9-8(2)13-10-6-5-7-11(14-3)12(9)10;1-2-5-3-4;;/h6,8,13H,3-5H2,1-2H3;7,13H,4-6H2,1-3H3;3H,2H2,1H3;2*1H4. The summed E-state index contributed by atoms with van der Waals surface area (Å²) in [5.41, 5.74) is 9.34. The molecule has 0 saturated heterocycles. The number of fused-ring (bicyclic) bond motifs is 2. The van der Waals surface area contributed by atoms with Crippen LogP contribution in [0.15, 0.2) is 6.08 Å². The average molecular weight is 503 g/mol. The number of carbonyl (C=O) groups is 3. The van der Waals surface area contributed by atoms with Crippen LogP contribution in [0.1, 0.15) is 98.3 Å². The van der Waals surface area contributed by atoms with E-state index in [2.05, 4.69) is 34.6 Å². The molecule has 0 aromatic carbocycles. The van der Waals surface area contributed by atoms with Gasteiger partial charge in [-0.3, -0.25) is 9.59 Å². The van der Waals surface area contributed by atoms with Crippen LogP contribution in [0, 0.1) is 19.8 Å². The van der Waals surface area contributed by atoms with Gasteiger partial charge in [-0.05, 0) is 76.5 Å². The molecule has 7 nitrogen and oxygen atoms in total. The van der Waals surface area contributed by atoms with Crippen molar-refractivity contribution in [3.8, 4) is 0 Å². The maximum absolute atomic E-state index is 12.0. The number of rotatable bonds is 6. The number of carbonyl (C=O) groups excluding carboxylic acids is 3. The van der Waals surface area contributed by atoms with Gasteiger partial charge in [-0.25, -0.2) is 0 Å². The van der Waals surface area contributed by atoms with Crippen molar-refractivity contribution < 1.29 is 23.9 Å². The predicted molar refractivity (Wildman–Crippen MR) is 146 cm³/mol. The van der Waals surface area contributed by atoms with E-state index in [0.717, 1.165) is 66.7 Å². The molecule has 2 N–H and O–H groups in total. The molecule has 1 atom stereocenters. The predicted octanol–water partition coefficient (Wildman–Crippen LogP) is 6.10. The quantitative estimate of drug-likeness (QED) is 0.367. The van der Waals surface area contributed by atoms with Crippen LogP contribution >= 0.6 is 0 Å². The lowest BCUT2D eigenvalue weighted by molar-refractivity contribution is -0.128. The first-order valence-electron chi connectivity index (χ1n) is 12.1. The number of aromatic amines is 2. The number of methoxy groups -OCH3 is 1. The molecule has 0 spiro atoms. The van der Waals surface area contributed by atoms with Gasteiger partial charge in [-0.1, -0.05) is 28.7 Å². The Morgan fingerprint density at radius 2 is 1.50 bits per heavy atom. The number of nitrogens with one attached hydrogen (secondary N) is 2. The summed E-state index contributed by atoms with van der Waals surface area (Å²) in [6.45, 7) is 11.0. The molecule has 202 valence electrons. The number of allylic oxidation sites excluding steroid dienone is 1. The van der Waals surface area contributed by atoms with Crippen LogP contribution in [-0.4, -0.2) is 42.2 Å². The maximum atomic E-state index is 12.0. The fourth-order valence-corrected chi connectivity index (χ4v) is 4.77. The lowest BCUT2D eigenvalue weighted by Crippen LogP contribution is -2.23. The summed E-state index contributed by atoms with van der Waals surface area (Å²) in [6, 6.07) is 0. The monoisotopic (exact) mass is 502 g/mol. The molecule has 0 aliphatic heterocycles. The van der Waals surface area contributed by atoms with E-state index in [0.29, 0.717) is 19.5 Å². The summed E-state index contributed by atoms with van der Waals surface area (Å²) in [6.07, 6.45) is 8.54. The molecule has 0 amide bonds. The first-order chi connectivity index (χ1) is 16.4. The van der Waals surface area contributed by atoms with Crippen molar-refractivity contribution in [2.75, 3.05) is 13.7 Å². The second-order valence-corrected chi connectivity index (χ2v) is 8.38. The van der Waals surface area contributed by atoms with E-state index in [1.54, 1.807) is 14.0 Å². The van der Waals surface area contributed by atoms with Crippen molar-refractivity contribution in [2.45, 2.75) is 88.0 Å². The van der Waals surface area contributed by atoms with Gasteiger partial charge in [0.25, 0.3) is 6.47 Å². The van der Waals surface area contributed by atoms with Crippen LogP contribution in [0.4, 0.5) is 0 Å². The minimum atomic E-state index is -0.419. The fourth-order valence-electron chi connectivity index (χ4n) is 4.77. The smallest absolute Gasteiger partial charge is 0.293 e. The van der Waals surface area contributed by atoms with Gasteiger partial charge in [0.15, 0.2) is 5.78 Å². The van der Waals surface area contributed by atoms with E-state index in [4.69, 9.17) is 4.74 Å². The Hall–Kier alpha value is -3.09. The fraction of sp³-hybridized carbons (Fsp3) is 0.552. The molecular formula is C29H46N2O5. The summed E-state index contributed by atoms with van der Waals surface area (Å²) in [7, 11) is 1.75. The Kier molecular flexibility index (Phi) is 14.5. The van der Waals surface area contributed by atoms with Crippen LogP contribution in [0.25, 0.3) is 5.76 Å². The molecule has 36 heavy (non-hydrogen) atoms. The molecule has 2 aromatic heterocycles. The van der Waals surface area contributed by atoms with Crippen molar-refractivity contribution >= 4 is 24.3 Å². The number of aryl methyl sites for hydroxylation is 4. The maximum Gasteiger partial charge on any atom is 0.293 e. The Balaban J connectivity index is 0.000000550. The number of ether oxygens (including phenoxy) is 2. The number of aromatic nitrogens is 2. The zero-order chi connectivity index (χ0) is 25.3. The van der Waals surface area contributed by atoms with Crippen LogP contribution in [0.5, 0.6) is 0 Å². The van der Waals surface area contributed by atoms with Gasteiger partial charge in [0.1, 0.15) is 12.0 Å². The van der Waals surface area contributed by atoms with E-state index < -0.39 is 5.92 Å². The third-order valence-corrected chi connectivity index (χ3v) is 6.37. The molecule has 2 aliphatic carbocycles. The van der Waals surface area contributed by atoms with Crippen LogP contribution in [0.3, 0.4) is 0 Å². The molecule has 2 aromatic rings. The van der Waals surface area contributed by atoms with Gasteiger partial charge in [-0.15, -0.1) is 0 Å². The lowest BCUT2D eigenvalue weighted by atomic mass is 9.85. The van der Waals surface area contributed by atoms with E-state index in [9.17, 15) is 14.4 Å². The van der Waals surface area contributed by atoms with E-state index >= 15 is 0 Å². The number of hydrogen-bond acceptors (Lipinski definition) is 5.